The van der Waals surface area contributed by atoms with Gasteiger partial charge in [-0.3, -0.25) is 19.7 Å². The van der Waals surface area contributed by atoms with Crippen LogP contribution in [0.25, 0.3) is 0 Å². The quantitative estimate of drug-likeness (QED) is 0.764. The summed E-state index contributed by atoms with van der Waals surface area (Å²) in [5, 5.41) is 10.2. The largest absolute Gasteiger partial charge is 0.351 e. The van der Waals surface area contributed by atoms with Gasteiger partial charge in [0.2, 0.25) is 5.91 Å². The summed E-state index contributed by atoms with van der Waals surface area (Å²) in [6, 6.07) is 4.27. The van der Waals surface area contributed by atoms with Crippen LogP contribution in [0, 0.1) is 0 Å². The third-order valence-corrected chi connectivity index (χ3v) is 6.04. The van der Waals surface area contributed by atoms with Crippen molar-refractivity contribution in [3.63, 3.8) is 0 Å². The number of carbonyl (C=O) groups excluding carboxylic acids is 2. The Morgan fingerprint density at radius 2 is 2.10 bits per heavy atom. The first kappa shape index (κ1) is 19.6. The number of amides is 2. The fourth-order valence-electron chi connectivity index (χ4n) is 4.29. The molecule has 0 spiro atoms. The molecule has 29 heavy (non-hydrogen) atoms. The zero-order valence-electron chi connectivity index (χ0n) is 16.9. The van der Waals surface area contributed by atoms with Gasteiger partial charge in [-0.25, -0.2) is 0 Å². The molecule has 0 radical (unpaired) electrons. The van der Waals surface area contributed by atoms with E-state index in [2.05, 4.69) is 32.4 Å². The minimum absolute atomic E-state index is 0.0723. The van der Waals surface area contributed by atoms with Gasteiger partial charge >= 0.3 is 0 Å². The van der Waals surface area contributed by atoms with Crippen molar-refractivity contribution in [2.45, 2.75) is 44.7 Å². The Morgan fingerprint density at radius 3 is 2.86 bits per heavy atom. The first-order valence-corrected chi connectivity index (χ1v) is 10.3. The summed E-state index contributed by atoms with van der Waals surface area (Å²) in [5.41, 5.74) is 3.22. The second-order valence-electron chi connectivity index (χ2n) is 7.95. The second-order valence-corrected chi connectivity index (χ2v) is 7.95. The molecule has 8 heteroatoms. The van der Waals surface area contributed by atoms with Crippen LogP contribution in [0.3, 0.4) is 0 Å². The molecule has 2 aliphatic heterocycles. The van der Waals surface area contributed by atoms with Gasteiger partial charge in [0.15, 0.2) is 5.69 Å². The number of carbonyl (C=O) groups is 2. The molecule has 4 heterocycles. The van der Waals surface area contributed by atoms with Gasteiger partial charge in [0.05, 0.1) is 18.7 Å². The fourth-order valence-corrected chi connectivity index (χ4v) is 4.29. The average molecular weight is 396 g/mol. The molecular formula is C21H28N6O2. The third kappa shape index (κ3) is 4.48. The van der Waals surface area contributed by atoms with E-state index in [1.807, 2.05) is 17.0 Å². The van der Waals surface area contributed by atoms with Crippen LogP contribution in [0.5, 0.6) is 0 Å². The molecule has 0 saturated carbocycles. The van der Waals surface area contributed by atoms with Crippen LogP contribution in [0.1, 0.15) is 46.6 Å². The van der Waals surface area contributed by atoms with E-state index in [9.17, 15) is 9.59 Å². The Hall–Kier alpha value is -2.74. The van der Waals surface area contributed by atoms with E-state index in [-0.39, 0.29) is 11.8 Å². The lowest BCUT2D eigenvalue weighted by atomic mass is 10.0. The average Bonchev–Trinajstić information content (AvgIpc) is 3.34. The van der Waals surface area contributed by atoms with Crippen LogP contribution >= 0.6 is 0 Å². The summed E-state index contributed by atoms with van der Waals surface area (Å²) in [7, 11) is 2.14. The molecule has 2 aliphatic rings. The highest BCUT2D eigenvalue weighted by Gasteiger charge is 2.27. The van der Waals surface area contributed by atoms with Crippen molar-refractivity contribution in [1.29, 1.82) is 0 Å². The van der Waals surface area contributed by atoms with E-state index in [0.717, 1.165) is 29.8 Å². The number of pyridine rings is 1. The summed E-state index contributed by atoms with van der Waals surface area (Å²) in [4.78, 5) is 33.4. The van der Waals surface area contributed by atoms with Gasteiger partial charge in [0.1, 0.15) is 0 Å². The van der Waals surface area contributed by atoms with Gasteiger partial charge < -0.3 is 15.1 Å². The number of nitrogens with zero attached hydrogens (tertiary/aromatic N) is 4. The number of likely N-dealkylation sites (tertiary alicyclic amines) is 1. The number of hydrogen-bond donors (Lipinski definition) is 2. The smallest absolute Gasteiger partial charge is 0.272 e. The lowest BCUT2D eigenvalue weighted by molar-refractivity contribution is -0.131. The molecule has 0 bridgehead atoms. The molecule has 2 amide bonds. The molecule has 1 saturated heterocycles. The highest BCUT2D eigenvalue weighted by atomic mass is 16.2. The first-order valence-electron chi connectivity index (χ1n) is 10.3. The topological polar surface area (TPSA) is 94.2 Å². The van der Waals surface area contributed by atoms with E-state index in [4.69, 9.17) is 0 Å². The molecule has 1 fully saturated rings. The summed E-state index contributed by atoms with van der Waals surface area (Å²) in [5.74, 6) is -0.0529. The number of hydrogen-bond acceptors (Lipinski definition) is 5. The van der Waals surface area contributed by atoms with Crippen molar-refractivity contribution in [1.82, 2.24) is 30.3 Å². The van der Waals surface area contributed by atoms with Crippen LogP contribution in [0.2, 0.25) is 0 Å². The second kappa shape index (κ2) is 8.73. The van der Waals surface area contributed by atoms with Crippen LogP contribution in [-0.2, 0) is 24.2 Å². The molecule has 0 aliphatic carbocycles. The van der Waals surface area contributed by atoms with Crippen molar-refractivity contribution >= 4 is 11.8 Å². The standard InChI is InChI=1S/C21H28N6O2/c1-26-11-2-3-16(26)6-10-23-21(29)20-17-7-12-27(14-18(17)24-25-20)19(28)13-15-4-8-22-9-5-15/h4-5,8-9,16H,2-3,6-7,10-14H2,1H3,(H,23,29)(H,24,25). The predicted molar refractivity (Wildman–Crippen MR) is 108 cm³/mol. The Labute approximate surface area is 170 Å². The molecule has 0 aromatic carbocycles. The highest BCUT2D eigenvalue weighted by molar-refractivity contribution is 5.94. The zero-order chi connectivity index (χ0) is 20.2. The Kier molecular flexibility index (Phi) is 5.89. The summed E-state index contributed by atoms with van der Waals surface area (Å²) in [6.45, 7) is 2.86. The number of aromatic nitrogens is 3. The normalized spacial score (nSPS) is 19.2. The molecule has 2 aromatic rings. The number of fused-ring (bicyclic) bond motifs is 1. The Bertz CT molecular complexity index is 865. The summed E-state index contributed by atoms with van der Waals surface area (Å²) in [6.07, 6.45) is 7.79. The maximum absolute atomic E-state index is 12.6. The van der Waals surface area contributed by atoms with Crippen molar-refractivity contribution in [3.8, 4) is 0 Å². The predicted octanol–water partition coefficient (Wildman–Crippen LogP) is 1.15. The molecule has 8 nitrogen and oxygen atoms in total. The van der Waals surface area contributed by atoms with Gasteiger partial charge in [-0.1, -0.05) is 0 Å². The van der Waals surface area contributed by atoms with E-state index in [1.54, 1.807) is 12.4 Å². The SMILES string of the molecule is CN1CCCC1CCNC(=O)c1n[nH]c2c1CCN(C(=O)Cc1ccncc1)C2. The summed E-state index contributed by atoms with van der Waals surface area (Å²) >= 11 is 0. The van der Waals surface area contributed by atoms with Gasteiger partial charge in [0, 0.05) is 37.1 Å². The molecular weight excluding hydrogens is 368 g/mol. The van der Waals surface area contributed by atoms with Crippen molar-refractivity contribution in [2.24, 2.45) is 0 Å². The van der Waals surface area contributed by atoms with Gasteiger partial charge in [-0.15, -0.1) is 0 Å². The monoisotopic (exact) mass is 396 g/mol. The molecule has 4 rings (SSSR count). The lowest BCUT2D eigenvalue weighted by Crippen LogP contribution is -2.37. The van der Waals surface area contributed by atoms with Crippen LogP contribution in [-0.4, -0.2) is 69.5 Å². The van der Waals surface area contributed by atoms with Gasteiger partial charge in [0.25, 0.3) is 5.91 Å². The number of nitrogens with one attached hydrogen (secondary N) is 2. The van der Waals surface area contributed by atoms with Crippen LogP contribution in [0.4, 0.5) is 0 Å². The van der Waals surface area contributed by atoms with Crippen molar-refractivity contribution < 1.29 is 9.59 Å². The van der Waals surface area contributed by atoms with Crippen LogP contribution in [0.15, 0.2) is 24.5 Å². The fraction of sp³-hybridized carbons (Fsp3) is 0.524. The minimum Gasteiger partial charge on any atom is -0.351 e. The lowest BCUT2D eigenvalue weighted by Gasteiger charge is -2.27. The van der Waals surface area contributed by atoms with E-state index >= 15 is 0 Å². The van der Waals surface area contributed by atoms with Crippen molar-refractivity contribution in [3.05, 3.63) is 47.0 Å². The van der Waals surface area contributed by atoms with Crippen molar-refractivity contribution in [2.75, 3.05) is 26.7 Å². The maximum Gasteiger partial charge on any atom is 0.272 e. The third-order valence-electron chi connectivity index (χ3n) is 6.04. The Balaban J connectivity index is 1.31. The molecule has 2 aromatic heterocycles. The van der Waals surface area contributed by atoms with Gasteiger partial charge in [-0.05, 0) is 57.0 Å². The molecule has 1 atom stereocenters. The van der Waals surface area contributed by atoms with Crippen LogP contribution < -0.4 is 5.32 Å². The minimum atomic E-state index is -0.125. The van der Waals surface area contributed by atoms with E-state index in [0.29, 0.717) is 44.2 Å². The molecule has 154 valence electrons. The number of rotatable bonds is 6. The molecule has 2 N–H and O–H groups in total. The highest BCUT2D eigenvalue weighted by Crippen LogP contribution is 2.21. The zero-order valence-corrected chi connectivity index (χ0v) is 16.9. The molecule has 1 unspecified atom stereocenters. The van der Waals surface area contributed by atoms with Gasteiger partial charge in [-0.2, -0.15) is 5.10 Å². The summed E-state index contributed by atoms with van der Waals surface area (Å²) < 4.78 is 0. The van der Waals surface area contributed by atoms with E-state index < -0.39 is 0 Å². The maximum atomic E-state index is 12.6. The number of aromatic amines is 1. The van der Waals surface area contributed by atoms with E-state index in [1.165, 1.54) is 12.8 Å². The Morgan fingerprint density at radius 1 is 1.28 bits per heavy atom. The number of H-pyrrole nitrogens is 1. The first-order chi connectivity index (χ1) is 14.1.